The van der Waals surface area contributed by atoms with Gasteiger partial charge >= 0.3 is 0 Å². The minimum absolute atomic E-state index is 0.166. The number of hydrogen-bond donors (Lipinski definition) is 0. The molecular formula is C27H31FN4O2. The van der Waals surface area contributed by atoms with E-state index in [1.54, 1.807) is 22.9 Å². The third-order valence-electron chi connectivity index (χ3n) is 6.15. The summed E-state index contributed by atoms with van der Waals surface area (Å²) in [6.07, 6.45) is 5.08. The third kappa shape index (κ3) is 4.75. The summed E-state index contributed by atoms with van der Waals surface area (Å²) >= 11 is 0. The van der Waals surface area contributed by atoms with Crippen LogP contribution in [-0.4, -0.2) is 32.6 Å². The van der Waals surface area contributed by atoms with Gasteiger partial charge in [-0.15, -0.1) is 0 Å². The van der Waals surface area contributed by atoms with Crippen LogP contribution in [0.5, 0.6) is 5.75 Å². The highest BCUT2D eigenvalue weighted by molar-refractivity contribution is 5.87. The Labute approximate surface area is 199 Å². The number of pyridine rings is 2. The SMILES string of the molecule is CC.CN1CCCc2c(c3ccc(-n4ccc(OCc5ccc(F)cn5)cc4=O)cc3n2C)C1. The van der Waals surface area contributed by atoms with E-state index in [9.17, 15) is 9.18 Å². The van der Waals surface area contributed by atoms with Crippen molar-refractivity contribution in [2.45, 2.75) is 39.8 Å². The lowest BCUT2D eigenvalue weighted by Crippen LogP contribution is -2.17. The smallest absolute Gasteiger partial charge is 0.258 e. The van der Waals surface area contributed by atoms with E-state index in [1.807, 2.05) is 19.9 Å². The van der Waals surface area contributed by atoms with E-state index in [0.717, 1.165) is 43.3 Å². The summed E-state index contributed by atoms with van der Waals surface area (Å²) in [4.78, 5) is 19.1. The maximum atomic E-state index is 13.0. The Bertz CT molecular complexity index is 1340. The molecule has 34 heavy (non-hydrogen) atoms. The summed E-state index contributed by atoms with van der Waals surface area (Å²) in [5, 5.41) is 1.25. The van der Waals surface area contributed by atoms with Crippen LogP contribution in [0.2, 0.25) is 0 Å². The van der Waals surface area contributed by atoms with Gasteiger partial charge in [0.1, 0.15) is 18.2 Å². The first-order chi connectivity index (χ1) is 16.5. The zero-order chi connectivity index (χ0) is 24.2. The summed E-state index contributed by atoms with van der Waals surface area (Å²) in [6, 6.07) is 12.3. The normalized spacial score (nSPS) is 13.7. The zero-order valence-corrected chi connectivity index (χ0v) is 20.2. The van der Waals surface area contributed by atoms with Crippen LogP contribution in [0.25, 0.3) is 16.6 Å². The molecule has 0 radical (unpaired) electrons. The number of hydrogen-bond acceptors (Lipinski definition) is 4. The highest BCUT2D eigenvalue weighted by Gasteiger charge is 2.19. The van der Waals surface area contributed by atoms with Crippen LogP contribution in [0.3, 0.4) is 0 Å². The van der Waals surface area contributed by atoms with Crippen LogP contribution in [0.4, 0.5) is 4.39 Å². The quantitative estimate of drug-likeness (QED) is 0.435. The standard InChI is InChI=1S/C25H25FN4O2.C2H6/c1-28-10-3-4-23-22(15-28)21-8-7-19(12-24(21)29(23)2)30-11-9-20(13-25(30)31)32-16-18-6-5-17(26)14-27-18;1-2/h5-9,11-14H,3-4,10,15-16H2,1-2H3;1-2H3. The van der Waals surface area contributed by atoms with Crippen LogP contribution in [0, 0.1) is 5.82 Å². The van der Waals surface area contributed by atoms with Crippen molar-refractivity contribution >= 4 is 10.9 Å². The second-order valence-electron chi connectivity index (χ2n) is 8.35. The molecule has 3 aromatic heterocycles. The van der Waals surface area contributed by atoms with Crippen LogP contribution in [-0.2, 0) is 26.6 Å². The fraction of sp³-hybridized carbons (Fsp3) is 0.333. The summed E-state index contributed by atoms with van der Waals surface area (Å²) in [5.41, 5.74) is 5.14. The van der Waals surface area contributed by atoms with E-state index in [0.29, 0.717) is 11.4 Å². The predicted octanol–water partition coefficient (Wildman–Crippen LogP) is 4.85. The number of rotatable bonds is 4. The van der Waals surface area contributed by atoms with Gasteiger partial charge in [0.15, 0.2) is 0 Å². The molecule has 0 aliphatic carbocycles. The van der Waals surface area contributed by atoms with Gasteiger partial charge in [-0.3, -0.25) is 14.3 Å². The summed E-state index contributed by atoms with van der Waals surface area (Å²) in [6.45, 7) is 6.22. The van der Waals surface area contributed by atoms with Crippen LogP contribution in [0.1, 0.15) is 37.2 Å². The van der Waals surface area contributed by atoms with Gasteiger partial charge in [0.25, 0.3) is 5.56 Å². The molecule has 4 aromatic rings. The molecule has 0 spiro atoms. The van der Waals surface area contributed by atoms with Gasteiger partial charge in [0.05, 0.1) is 23.1 Å². The Hall–Kier alpha value is -3.45. The maximum Gasteiger partial charge on any atom is 0.258 e. The Morgan fingerprint density at radius 3 is 2.65 bits per heavy atom. The fourth-order valence-electron chi connectivity index (χ4n) is 4.48. The van der Waals surface area contributed by atoms with Crippen LogP contribution < -0.4 is 10.3 Å². The largest absolute Gasteiger partial charge is 0.487 e. The van der Waals surface area contributed by atoms with E-state index >= 15 is 0 Å². The van der Waals surface area contributed by atoms with Crippen molar-refractivity contribution in [1.82, 2.24) is 19.0 Å². The summed E-state index contributed by atoms with van der Waals surface area (Å²) < 4.78 is 22.5. The second-order valence-corrected chi connectivity index (χ2v) is 8.35. The van der Waals surface area contributed by atoms with E-state index in [2.05, 4.69) is 40.7 Å². The van der Waals surface area contributed by atoms with Crippen molar-refractivity contribution in [2.75, 3.05) is 13.6 Å². The van der Waals surface area contributed by atoms with Gasteiger partial charge in [0.2, 0.25) is 0 Å². The number of benzene rings is 1. The first-order valence-electron chi connectivity index (χ1n) is 11.7. The third-order valence-corrected chi connectivity index (χ3v) is 6.15. The number of fused-ring (bicyclic) bond motifs is 3. The molecular weight excluding hydrogens is 431 g/mol. The molecule has 0 fully saturated rings. The topological polar surface area (TPSA) is 52.3 Å². The fourth-order valence-corrected chi connectivity index (χ4v) is 4.48. The number of ether oxygens (including phenoxy) is 1. The van der Waals surface area contributed by atoms with E-state index in [1.165, 1.54) is 28.8 Å². The van der Waals surface area contributed by atoms with Crippen molar-refractivity contribution in [1.29, 1.82) is 0 Å². The monoisotopic (exact) mass is 462 g/mol. The van der Waals surface area contributed by atoms with Crippen molar-refractivity contribution in [3.05, 3.63) is 88.0 Å². The Kier molecular flexibility index (Phi) is 7.12. The van der Waals surface area contributed by atoms with Gasteiger partial charge in [-0.1, -0.05) is 19.9 Å². The first kappa shape index (κ1) is 23.7. The van der Waals surface area contributed by atoms with E-state index < -0.39 is 5.82 Å². The molecule has 6 nitrogen and oxygen atoms in total. The molecule has 0 saturated heterocycles. The lowest BCUT2D eigenvalue weighted by atomic mass is 10.1. The van der Waals surface area contributed by atoms with Crippen LogP contribution >= 0.6 is 0 Å². The molecule has 0 amide bonds. The lowest BCUT2D eigenvalue weighted by Gasteiger charge is -2.13. The van der Waals surface area contributed by atoms with Crippen molar-refractivity contribution in [3.63, 3.8) is 0 Å². The van der Waals surface area contributed by atoms with E-state index in [-0.39, 0.29) is 12.2 Å². The maximum absolute atomic E-state index is 13.0. The first-order valence-corrected chi connectivity index (χ1v) is 11.7. The van der Waals surface area contributed by atoms with Gasteiger partial charge in [-0.05, 0) is 62.3 Å². The molecule has 0 saturated carbocycles. The van der Waals surface area contributed by atoms with Gasteiger partial charge in [0, 0.05) is 36.9 Å². The van der Waals surface area contributed by atoms with Crippen molar-refractivity contribution < 1.29 is 9.13 Å². The second kappa shape index (κ2) is 10.2. The molecule has 5 rings (SSSR count). The molecule has 0 atom stereocenters. The minimum atomic E-state index is -0.394. The molecule has 0 bridgehead atoms. The lowest BCUT2D eigenvalue weighted by molar-refractivity contribution is 0.300. The Balaban J connectivity index is 0.00000133. The van der Waals surface area contributed by atoms with Crippen LogP contribution in [0.15, 0.2) is 59.7 Å². The number of nitrogens with zero attached hydrogens (tertiary/aromatic N) is 4. The number of halogens is 1. The number of aromatic nitrogens is 3. The molecule has 0 N–H and O–H groups in total. The van der Waals surface area contributed by atoms with E-state index in [4.69, 9.17) is 4.74 Å². The molecule has 0 unspecified atom stereocenters. The molecule has 1 aliphatic rings. The molecule has 178 valence electrons. The number of aryl methyl sites for hydroxylation is 1. The highest BCUT2D eigenvalue weighted by Crippen LogP contribution is 2.30. The highest BCUT2D eigenvalue weighted by atomic mass is 19.1. The average Bonchev–Trinajstić information content (AvgIpc) is 2.98. The van der Waals surface area contributed by atoms with Crippen molar-refractivity contribution in [3.8, 4) is 11.4 Å². The predicted molar refractivity (Wildman–Crippen MR) is 133 cm³/mol. The van der Waals surface area contributed by atoms with Gasteiger partial charge < -0.3 is 14.2 Å². The van der Waals surface area contributed by atoms with Gasteiger partial charge in [-0.2, -0.15) is 0 Å². The minimum Gasteiger partial charge on any atom is -0.487 e. The summed E-state index contributed by atoms with van der Waals surface area (Å²) in [5.74, 6) is 0.0574. The average molecular weight is 463 g/mol. The molecule has 1 aliphatic heterocycles. The Morgan fingerprint density at radius 2 is 1.91 bits per heavy atom. The van der Waals surface area contributed by atoms with Gasteiger partial charge in [-0.25, -0.2) is 4.39 Å². The molecule has 7 heteroatoms. The molecule has 4 heterocycles. The summed E-state index contributed by atoms with van der Waals surface area (Å²) in [7, 11) is 4.27. The molecule has 1 aromatic carbocycles. The zero-order valence-electron chi connectivity index (χ0n) is 20.2. The van der Waals surface area contributed by atoms with Crippen molar-refractivity contribution in [2.24, 2.45) is 7.05 Å². The Morgan fingerprint density at radius 1 is 1.09 bits per heavy atom.